The molecule has 2 nitrogen and oxygen atoms in total. The minimum atomic E-state index is 0.966. The van der Waals surface area contributed by atoms with Crippen molar-refractivity contribution in [3.05, 3.63) is 181 Å². The summed E-state index contributed by atoms with van der Waals surface area (Å²) >= 11 is 0. The van der Waals surface area contributed by atoms with Crippen LogP contribution >= 0.6 is 0 Å². The van der Waals surface area contributed by atoms with E-state index in [1.54, 1.807) is 0 Å². The molecule has 0 fully saturated rings. The molecular formula is C51H36N2. The molecule has 8 aromatic carbocycles. The van der Waals surface area contributed by atoms with Crippen molar-refractivity contribution in [1.29, 1.82) is 0 Å². The van der Waals surface area contributed by atoms with Crippen LogP contribution in [0.3, 0.4) is 0 Å². The molecule has 0 unspecified atom stereocenters. The van der Waals surface area contributed by atoms with E-state index in [9.17, 15) is 0 Å². The van der Waals surface area contributed by atoms with Gasteiger partial charge >= 0.3 is 0 Å². The minimum absolute atomic E-state index is 0.966. The topological polar surface area (TPSA) is 25.8 Å². The van der Waals surface area contributed by atoms with Crippen LogP contribution < -0.4 is 0 Å². The summed E-state index contributed by atoms with van der Waals surface area (Å²) in [7, 11) is 0. The number of fused-ring (bicyclic) bond motifs is 7. The van der Waals surface area contributed by atoms with Crippen LogP contribution in [0.1, 0.15) is 18.1 Å². The molecular weight excluding hydrogens is 641 g/mol. The quantitative estimate of drug-likeness (QED) is 0.170. The van der Waals surface area contributed by atoms with Crippen LogP contribution in [0.2, 0.25) is 0 Å². The fourth-order valence-electron chi connectivity index (χ4n) is 7.74. The molecule has 0 N–H and O–H groups in total. The van der Waals surface area contributed by atoms with Crippen LogP contribution in [0.15, 0.2) is 170 Å². The molecule has 2 aromatic heterocycles. The Labute approximate surface area is 309 Å². The van der Waals surface area contributed by atoms with Gasteiger partial charge in [0.1, 0.15) is 0 Å². The average Bonchev–Trinajstić information content (AvgIpc) is 3.22. The van der Waals surface area contributed by atoms with Crippen LogP contribution in [0, 0.1) is 6.92 Å². The van der Waals surface area contributed by atoms with Crippen LogP contribution in [0.4, 0.5) is 0 Å². The van der Waals surface area contributed by atoms with Gasteiger partial charge in [-0.2, -0.15) is 0 Å². The molecule has 0 amide bonds. The number of aromatic nitrogens is 2. The van der Waals surface area contributed by atoms with Crippen molar-refractivity contribution >= 4 is 54.1 Å². The molecule has 0 aliphatic carbocycles. The zero-order valence-corrected chi connectivity index (χ0v) is 29.8. The lowest BCUT2D eigenvalue weighted by Gasteiger charge is -2.11. The van der Waals surface area contributed by atoms with Gasteiger partial charge < -0.3 is 0 Å². The van der Waals surface area contributed by atoms with Gasteiger partial charge in [0.2, 0.25) is 0 Å². The van der Waals surface area contributed by atoms with Gasteiger partial charge in [0, 0.05) is 32.7 Å². The van der Waals surface area contributed by atoms with Crippen LogP contribution in [0.5, 0.6) is 0 Å². The number of rotatable bonds is 5. The maximum Gasteiger partial charge on any atom is 0.0788 e. The number of nitrogens with zero attached hydrogens (tertiary/aromatic N) is 2. The lowest BCUT2D eigenvalue weighted by Crippen LogP contribution is -1.90. The third-order valence-corrected chi connectivity index (χ3v) is 10.9. The molecule has 2 heterocycles. The van der Waals surface area contributed by atoms with E-state index in [1.165, 1.54) is 65.7 Å². The summed E-state index contributed by atoms with van der Waals surface area (Å²) in [6, 6.07) is 61.9. The Morgan fingerprint density at radius 1 is 0.340 bits per heavy atom. The number of hydrogen-bond donors (Lipinski definition) is 0. The molecule has 2 heteroatoms. The SMILES string of the molecule is CCc1ccc(-c2ccc3ccc4ccc(-c5ccc6ccc(-c7ccc8ccc9ccc(-c%10ccc(C)cc%10)cc9c8n7)cc6c5)nc4c3c2)cc1. The fraction of sp³-hybridized carbons (Fsp3) is 0.0588. The number of benzene rings is 8. The molecule has 0 saturated heterocycles. The Morgan fingerprint density at radius 3 is 1.25 bits per heavy atom. The van der Waals surface area contributed by atoms with Gasteiger partial charge in [0.05, 0.1) is 22.4 Å². The second-order valence-electron chi connectivity index (χ2n) is 14.2. The van der Waals surface area contributed by atoms with Crippen LogP contribution in [-0.2, 0) is 6.42 Å². The molecule has 0 atom stereocenters. The molecule has 53 heavy (non-hydrogen) atoms. The van der Waals surface area contributed by atoms with Crippen molar-refractivity contribution in [2.75, 3.05) is 0 Å². The lowest BCUT2D eigenvalue weighted by atomic mass is 9.97. The Kier molecular flexibility index (Phi) is 7.37. The zero-order valence-electron chi connectivity index (χ0n) is 29.8. The number of pyridine rings is 2. The fourth-order valence-corrected chi connectivity index (χ4v) is 7.74. The van der Waals surface area contributed by atoms with E-state index < -0.39 is 0 Å². The Bertz CT molecular complexity index is 3030. The first-order valence-electron chi connectivity index (χ1n) is 18.4. The molecule has 0 saturated carbocycles. The highest BCUT2D eigenvalue weighted by Crippen LogP contribution is 2.35. The van der Waals surface area contributed by atoms with Crippen molar-refractivity contribution in [3.8, 4) is 44.8 Å². The van der Waals surface area contributed by atoms with E-state index >= 15 is 0 Å². The second-order valence-corrected chi connectivity index (χ2v) is 14.2. The van der Waals surface area contributed by atoms with E-state index in [0.717, 1.165) is 50.7 Å². The lowest BCUT2D eigenvalue weighted by molar-refractivity contribution is 1.14. The summed E-state index contributed by atoms with van der Waals surface area (Å²) in [5, 5.41) is 9.37. The molecule has 0 aliphatic rings. The second kappa shape index (κ2) is 12.5. The predicted molar refractivity (Wildman–Crippen MR) is 225 cm³/mol. The summed E-state index contributed by atoms with van der Waals surface area (Å²) in [6.07, 6.45) is 1.04. The van der Waals surface area contributed by atoms with Crippen molar-refractivity contribution in [1.82, 2.24) is 9.97 Å². The first-order valence-corrected chi connectivity index (χ1v) is 18.4. The first-order chi connectivity index (χ1) is 26.1. The normalized spacial score (nSPS) is 11.7. The Hall–Kier alpha value is -6.64. The maximum atomic E-state index is 5.31. The third kappa shape index (κ3) is 5.60. The highest BCUT2D eigenvalue weighted by molar-refractivity contribution is 6.08. The largest absolute Gasteiger partial charge is 0.247 e. The van der Waals surface area contributed by atoms with E-state index in [1.807, 2.05) is 0 Å². The average molecular weight is 677 g/mol. The van der Waals surface area contributed by atoms with Gasteiger partial charge in [-0.3, -0.25) is 0 Å². The summed E-state index contributed by atoms with van der Waals surface area (Å²) < 4.78 is 0. The van der Waals surface area contributed by atoms with Gasteiger partial charge in [0.25, 0.3) is 0 Å². The minimum Gasteiger partial charge on any atom is -0.247 e. The highest BCUT2D eigenvalue weighted by Gasteiger charge is 2.11. The van der Waals surface area contributed by atoms with Crippen molar-refractivity contribution in [3.63, 3.8) is 0 Å². The monoisotopic (exact) mass is 676 g/mol. The third-order valence-electron chi connectivity index (χ3n) is 10.9. The predicted octanol–water partition coefficient (Wildman–Crippen LogP) is 13.8. The maximum absolute atomic E-state index is 5.31. The van der Waals surface area contributed by atoms with Gasteiger partial charge in [-0.25, -0.2) is 9.97 Å². The molecule has 0 spiro atoms. The summed E-state index contributed by atoms with van der Waals surface area (Å²) in [5.41, 5.74) is 13.6. The summed E-state index contributed by atoms with van der Waals surface area (Å²) in [4.78, 5) is 10.6. The highest BCUT2D eigenvalue weighted by atomic mass is 14.7. The van der Waals surface area contributed by atoms with Gasteiger partial charge in [-0.05, 0) is 99.1 Å². The first kappa shape index (κ1) is 31.1. The van der Waals surface area contributed by atoms with Crippen LogP contribution in [-0.4, -0.2) is 9.97 Å². The molecule has 0 bridgehead atoms. The van der Waals surface area contributed by atoms with E-state index in [0.29, 0.717) is 0 Å². The van der Waals surface area contributed by atoms with Crippen molar-refractivity contribution in [2.45, 2.75) is 20.3 Å². The Balaban J connectivity index is 1.04. The van der Waals surface area contributed by atoms with Crippen molar-refractivity contribution in [2.24, 2.45) is 0 Å². The van der Waals surface area contributed by atoms with E-state index in [4.69, 9.17) is 9.97 Å². The van der Waals surface area contributed by atoms with Crippen molar-refractivity contribution < 1.29 is 0 Å². The smallest absolute Gasteiger partial charge is 0.0788 e. The molecule has 0 aliphatic heterocycles. The van der Waals surface area contributed by atoms with E-state index in [2.05, 4.69) is 184 Å². The molecule has 0 radical (unpaired) electrons. The van der Waals surface area contributed by atoms with Gasteiger partial charge in [0.15, 0.2) is 0 Å². The van der Waals surface area contributed by atoms with E-state index in [-0.39, 0.29) is 0 Å². The van der Waals surface area contributed by atoms with Gasteiger partial charge in [-0.15, -0.1) is 0 Å². The standard InChI is InChI=1S/C51H36N2/c1-3-33-6-10-35(11-7-33)42-21-17-38-15-19-40-25-27-49(53-51(40)47(38)31-42)44-23-13-36-12-22-43(28-45(36)29-44)48-26-24-39-18-14-37-16-20-41(30-46(37)50(39)52-48)34-8-4-32(2)5-9-34/h4-31H,3H2,1-2H3. The van der Waals surface area contributed by atoms with Crippen LogP contribution in [0.25, 0.3) is 98.9 Å². The Morgan fingerprint density at radius 2 is 0.736 bits per heavy atom. The van der Waals surface area contributed by atoms with Gasteiger partial charge in [-0.1, -0.05) is 146 Å². The molecule has 10 aromatic rings. The summed E-state index contributed by atoms with van der Waals surface area (Å²) in [6.45, 7) is 4.32. The molecule has 250 valence electrons. The zero-order chi connectivity index (χ0) is 35.5. The summed E-state index contributed by atoms with van der Waals surface area (Å²) in [5.74, 6) is 0. The number of aryl methyl sites for hydroxylation is 2. The molecule has 10 rings (SSSR count). The number of hydrogen-bond acceptors (Lipinski definition) is 2.